The normalized spacial score (nSPS) is 10.4. The molecule has 3 rings (SSSR count). The van der Waals surface area contributed by atoms with Gasteiger partial charge in [-0.25, -0.2) is 5.10 Å². The first kappa shape index (κ1) is 15.6. The van der Waals surface area contributed by atoms with Gasteiger partial charge in [0, 0.05) is 24.5 Å². The van der Waals surface area contributed by atoms with Crippen LogP contribution in [0.1, 0.15) is 21.5 Å². The Morgan fingerprint density at radius 1 is 1.17 bits per heavy atom. The predicted octanol–water partition coefficient (Wildman–Crippen LogP) is 2.07. The summed E-state index contributed by atoms with van der Waals surface area (Å²) in [4.78, 5) is 28.2. The van der Waals surface area contributed by atoms with E-state index in [1.807, 2.05) is 31.2 Å². The van der Waals surface area contributed by atoms with Gasteiger partial charge in [-0.1, -0.05) is 24.3 Å². The molecular formula is C18H16N4O2. The fraction of sp³-hybridized carbons (Fsp3) is 0.111. The van der Waals surface area contributed by atoms with Crippen molar-refractivity contribution < 1.29 is 4.79 Å². The van der Waals surface area contributed by atoms with Gasteiger partial charge in [0.05, 0.1) is 5.69 Å². The van der Waals surface area contributed by atoms with Crippen molar-refractivity contribution in [1.29, 1.82) is 0 Å². The molecule has 0 radical (unpaired) electrons. The van der Waals surface area contributed by atoms with Crippen LogP contribution < -0.4 is 10.9 Å². The maximum absolute atomic E-state index is 12.4. The molecule has 6 nitrogen and oxygen atoms in total. The fourth-order valence-electron chi connectivity index (χ4n) is 2.32. The smallest absolute Gasteiger partial charge is 0.277 e. The Morgan fingerprint density at radius 2 is 1.92 bits per heavy atom. The van der Waals surface area contributed by atoms with Crippen LogP contribution in [-0.2, 0) is 6.54 Å². The van der Waals surface area contributed by atoms with E-state index < -0.39 is 11.5 Å². The van der Waals surface area contributed by atoms with E-state index in [1.165, 1.54) is 6.07 Å². The maximum Gasteiger partial charge on any atom is 0.277 e. The van der Waals surface area contributed by atoms with Crippen molar-refractivity contribution >= 4 is 5.91 Å². The van der Waals surface area contributed by atoms with E-state index in [9.17, 15) is 9.59 Å². The van der Waals surface area contributed by atoms with E-state index in [0.29, 0.717) is 12.2 Å². The fourth-order valence-corrected chi connectivity index (χ4v) is 2.32. The average Bonchev–Trinajstić information content (AvgIpc) is 2.62. The number of rotatable bonds is 4. The lowest BCUT2D eigenvalue weighted by molar-refractivity contribution is 0.0949. The second kappa shape index (κ2) is 6.87. The minimum absolute atomic E-state index is 0.0328. The molecule has 0 saturated heterocycles. The number of amides is 1. The third-order valence-corrected chi connectivity index (χ3v) is 3.72. The summed E-state index contributed by atoms with van der Waals surface area (Å²) in [7, 11) is 0. The van der Waals surface area contributed by atoms with Crippen LogP contribution in [0.3, 0.4) is 0 Å². The Bertz CT molecular complexity index is 920. The predicted molar refractivity (Wildman–Crippen MR) is 90.4 cm³/mol. The van der Waals surface area contributed by atoms with Gasteiger partial charge in [-0.15, -0.1) is 0 Å². The van der Waals surface area contributed by atoms with Crippen LogP contribution in [0.25, 0.3) is 11.3 Å². The summed E-state index contributed by atoms with van der Waals surface area (Å²) in [5.74, 6) is -0.433. The number of benzene rings is 1. The highest BCUT2D eigenvalue weighted by Crippen LogP contribution is 2.14. The number of H-pyrrole nitrogens is 1. The van der Waals surface area contributed by atoms with E-state index in [1.54, 1.807) is 24.5 Å². The molecule has 0 unspecified atom stereocenters. The van der Waals surface area contributed by atoms with Gasteiger partial charge in [-0.2, -0.15) is 5.10 Å². The minimum atomic E-state index is -0.518. The number of hydrogen-bond donors (Lipinski definition) is 2. The zero-order chi connectivity index (χ0) is 16.9. The van der Waals surface area contributed by atoms with Gasteiger partial charge in [-0.3, -0.25) is 14.6 Å². The Labute approximate surface area is 138 Å². The monoisotopic (exact) mass is 320 g/mol. The molecule has 2 heterocycles. The topological polar surface area (TPSA) is 87.7 Å². The first-order chi connectivity index (χ1) is 11.6. The molecule has 120 valence electrons. The zero-order valence-electron chi connectivity index (χ0n) is 13.1. The minimum Gasteiger partial charge on any atom is -0.348 e. The van der Waals surface area contributed by atoms with Crippen molar-refractivity contribution in [2.75, 3.05) is 0 Å². The zero-order valence-corrected chi connectivity index (χ0v) is 13.1. The first-order valence-corrected chi connectivity index (χ1v) is 7.48. The number of pyridine rings is 1. The van der Waals surface area contributed by atoms with Gasteiger partial charge in [0.2, 0.25) is 0 Å². The Kier molecular flexibility index (Phi) is 4.47. The van der Waals surface area contributed by atoms with Gasteiger partial charge < -0.3 is 5.32 Å². The summed E-state index contributed by atoms with van der Waals surface area (Å²) in [5, 5.41) is 9.13. The molecule has 0 aliphatic heterocycles. The molecule has 0 saturated carbocycles. The third kappa shape index (κ3) is 3.38. The van der Waals surface area contributed by atoms with E-state index >= 15 is 0 Å². The number of carbonyl (C=O) groups excluding carboxylic acids is 1. The summed E-state index contributed by atoms with van der Waals surface area (Å²) in [6.07, 6.45) is 3.25. The van der Waals surface area contributed by atoms with Crippen molar-refractivity contribution in [1.82, 2.24) is 20.5 Å². The number of aryl methyl sites for hydroxylation is 1. The van der Waals surface area contributed by atoms with Crippen LogP contribution in [-0.4, -0.2) is 21.1 Å². The van der Waals surface area contributed by atoms with Gasteiger partial charge in [0.25, 0.3) is 11.5 Å². The van der Waals surface area contributed by atoms with E-state index in [4.69, 9.17) is 0 Å². The van der Waals surface area contributed by atoms with Crippen LogP contribution in [0.2, 0.25) is 0 Å². The van der Waals surface area contributed by atoms with Crippen LogP contribution >= 0.6 is 0 Å². The molecule has 0 aliphatic rings. The second-order valence-corrected chi connectivity index (χ2v) is 5.34. The molecule has 0 atom stereocenters. The molecule has 3 aromatic rings. The Balaban J connectivity index is 1.82. The maximum atomic E-state index is 12.4. The van der Waals surface area contributed by atoms with E-state index in [-0.39, 0.29) is 5.56 Å². The highest BCUT2D eigenvalue weighted by molar-refractivity contribution is 5.94. The van der Waals surface area contributed by atoms with Crippen molar-refractivity contribution in [3.63, 3.8) is 0 Å². The lowest BCUT2D eigenvalue weighted by Gasteiger charge is -2.08. The summed E-state index contributed by atoms with van der Waals surface area (Å²) in [6, 6.07) is 12.8. The standard InChI is InChI=1S/C18H16N4O2/c1-12-4-2-3-5-14(12)11-20-17(23)15-10-16(21-22-18(15)24)13-6-8-19-9-7-13/h2-10H,11H2,1H3,(H,20,23)(H,22,24). The highest BCUT2D eigenvalue weighted by Gasteiger charge is 2.13. The molecule has 2 N–H and O–H groups in total. The Hall–Kier alpha value is -3.28. The number of aromatic amines is 1. The molecule has 1 aromatic carbocycles. The summed E-state index contributed by atoms with van der Waals surface area (Å²) in [5.41, 5.74) is 2.89. The molecule has 6 heteroatoms. The lowest BCUT2D eigenvalue weighted by atomic mass is 10.1. The first-order valence-electron chi connectivity index (χ1n) is 7.48. The molecule has 1 amide bonds. The van der Waals surface area contributed by atoms with Crippen molar-refractivity contribution in [2.45, 2.75) is 13.5 Å². The lowest BCUT2D eigenvalue weighted by Crippen LogP contribution is -2.30. The molecule has 0 spiro atoms. The summed E-state index contributed by atoms with van der Waals surface area (Å²) >= 11 is 0. The van der Waals surface area contributed by atoms with Crippen LogP contribution in [0, 0.1) is 6.92 Å². The van der Waals surface area contributed by atoms with Crippen molar-refractivity contribution in [3.05, 3.63) is 81.9 Å². The SMILES string of the molecule is Cc1ccccc1CNC(=O)c1cc(-c2ccncc2)n[nH]c1=O. The Morgan fingerprint density at radius 3 is 2.67 bits per heavy atom. The van der Waals surface area contributed by atoms with Crippen molar-refractivity contribution in [2.24, 2.45) is 0 Å². The highest BCUT2D eigenvalue weighted by atomic mass is 16.2. The number of nitrogens with zero attached hydrogens (tertiary/aromatic N) is 2. The van der Waals surface area contributed by atoms with Crippen LogP contribution in [0.15, 0.2) is 59.7 Å². The molecule has 24 heavy (non-hydrogen) atoms. The summed E-state index contributed by atoms with van der Waals surface area (Å²) < 4.78 is 0. The van der Waals surface area contributed by atoms with Gasteiger partial charge in [0.1, 0.15) is 5.56 Å². The number of carbonyl (C=O) groups is 1. The van der Waals surface area contributed by atoms with Crippen LogP contribution in [0.4, 0.5) is 0 Å². The number of nitrogens with one attached hydrogen (secondary N) is 2. The van der Waals surface area contributed by atoms with Gasteiger partial charge in [0.15, 0.2) is 0 Å². The number of aromatic nitrogens is 3. The van der Waals surface area contributed by atoms with Crippen LogP contribution in [0.5, 0.6) is 0 Å². The van der Waals surface area contributed by atoms with E-state index in [0.717, 1.165) is 16.7 Å². The van der Waals surface area contributed by atoms with E-state index in [2.05, 4.69) is 20.5 Å². The molecular weight excluding hydrogens is 304 g/mol. The quantitative estimate of drug-likeness (QED) is 0.770. The molecule has 0 fully saturated rings. The number of hydrogen-bond acceptors (Lipinski definition) is 4. The summed E-state index contributed by atoms with van der Waals surface area (Å²) in [6.45, 7) is 2.33. The molecule has 0 aliphatic carbocycles. The second-order valence-electron chi connectivity index (χ2n) is 5.34. The molecule has 2 aromatic heterocycles. The average molecular weight is 320 g/mol. The van der Waals surface area contributed by atoms with Crippen molar-refractivity contribution in [3.8, 4) is 11.3 Å². The van der Waals surface area contributed by atoms with Gasteiger partial charge >= 0.3 is 0 Å². The largest absolute Gasteiger partial charge is 0.348 e. The third-order valence-electron chi connectivity index (χ3n) is 3.72. The molecule has 0 bridgehead atoms. The van der Waals surface area contributed by atoms with Gasteiger partial charge in [-0.05, 0) is 36.2 Å².